The number of hydrogen-bond acceptors (Lipinski definition) is 5. The van der Waals surface area contributed by atoms with Gasteiger partial charge in [-0.1, -0.05) is 24.3 Å². The number of benzene rings is 2. The Balaban J connectivity index is 1.79. The second-order valence-electron chi connectivity index (χ2n) is 7.74. The lowest BCUT2D eigenvalue weighted by Crippen LogP contribution is -2.29. The monoisotopic (exact) mass is 431 g/mol. The van der Waals surface area contributed by atoms with E-state index in [1.807, 2.05) is 19.9 Å². The van der Waals surface area contributed by atoms with Crippen LogP contribution >= 0.6 is 0 Å². The minimum Gasteiger partial charge on any atom is -0.507 e. The second kappa shape index (κ2) is 8.19. The van der Waals surface area contributed by atoms with Crippen LogP contribution < -0.4 is 0 Å². The molecule has 1 aliphatic rings. The van der Waals surface area contributed by atoms with Crippen LogP contribution in [0.1, 0.15) is 44.4 Å². The molecular formula is C25H21NO6. The molecule has 162 valence electrons. The maximum atomic E-state index is 13.0. The second-order valence-corrected chi connectivity index (χ2v) is 7.74. The smallest absolute Gasteiger partial charge is 0.335 e. The Morgan fingerprint density at radius 1 is 0.969 bits per heavy atom. The minimum absolute atomic E-state index is 0.0412. The molecule has 1 aliphatic heterocycles. The first-order chi connectivity index (χ1) is 15.3. The highest BCUT2D eigenvalue weighted by atomic mass is 16.4. The SMILES string of the molecule is Cc1ccc(/C(O)=C2/C(=O)C(=O)N(Cc3ccc(C(=O)O)cc3)C2c2ccco2)cc1C. The molecule has 1 aromatic heterocycles. The summed E-state index contributed by atoms with van der Waals surface area (Å²) in [6.07, 6.45) is 1.44. The molecule has 1 unspecified atom stereocenters. The van der Waals surface area contributed by atoms with E-state index >= 15 is 0 Å². The highest BCUT2D eigenvalue weighted by molar-refractivity contribution is 6.46. The van der Waals surface area contributed by atoms with E-state index < -0.39 is 23.7 Å². The first-order valence-corrected chi connectivity index (χ1v) is 9.99. The van der Waals surface area contributed by atoms with Crippen molar-refractivity contribution in [2.24, 2.45) is 0 Å². The summed E-state index contributed by atoms with van der Waals surface area (Å²) < 4.78 is 5.52. The topological polar surface area (TPSA) is 108 Å². The van der Waals surface area contributed by atoms with E-state index in [4.69, 9.17) is 9.52 Å². The number of aliphatic hydroxyl groups excluding tert-OH is 1. The number of carboxylic acids is 1. The standard InChI is InChI=1S/C25H21NO6/c1-14-5-8-18(12-15(14)2)22(27)20-21(19-4-3-11-32-19)26(24(29)23(20)28)13-16-6-9-17(10-7-16)25(30)31/h3-12,21,27H,13H2,1-2H3,(H,30,31)/b22-20-. The average molecular weight is 431 g/mol. The zero-order chi connectivity index (χ0) is 23.0. The van der Waals surface area contributed by atoms with Gasteiger partial charge < -0.3 is 19.5 Å². The number of ketones is 1. The molecular weight excluding hydrogens is 410 g/mol. The van der Waals surface area contributed by atoms with E-state index in [1.165, 1.54) is 23.3 Å². The number of carboxylic acid groups (broad SMARTS) is 1. The van der Waals surface area contributed by atoms with Gasteiger partial charge in [0.2, 0.25) is 0 Å². The van der Waals surface area contributed by atoms with Gasteiger partial charge in [-0.15, -0.1) is 0 Å². The van der Waals surface area contributed by atoms with Crippen molar-refractivity contribution in [2.45, 2.75) is 26.4 Å². The van der Waals surface area contributed by atoms with Crippen molar-refractivity contribution < 1.29 is 29.0 Å². The molecule has 7 heteroatoms. The van der Waals surface area contributed by atoms with E-state index in [0.29, 0.717) is 16.9 Å². The number of amides is 1. The third kappa shape index (κ3) is 3.69. The van der Waals surface area contributed by atoms with Gasteiger partial charge in [-0.05, 0) is 60.9 Å². The predicted octanol–water partition coefficient (Wildman–Crippen LogP) is 4.22. The zero-order valence-corrected chi connectivity index (χ0v) is 17.5. The van der Waals surface area contributed by atoms with E-state index in [1.54, 1.807) is 36.4 Å². The van der Waals surface area contributed by atoms with Gasteiger partial charge in [-0.3, -0.25) is 9.59 Å². The first-order valence-electron chi connectivity index (χ1n) is 9.99. The molecule has 2 aromatic carbocycles. The molecule has 2 heterocycles. The van der Waals surface area contributed by atoms with Gasteiger partial charge in [0.1, 0.15) is 17.6 Å². The van der Waals surface area contributed by atoms with Crippen LogP contribution in [0.3, 0.4) is 0 Å². The van der Waals surface area contributed by atoms with Gasteiger partial charge in [0.15, 0.2) is 0 Å². The van der Waals surface area contributed by atoms with E-state index in [9.17, 15) is 19.5 Å². The Labute approximate surface area is 184 Å². The Morgan fingerprint density at radius 2 is 1.66 bits per heavy atom. The number of hydrogen-bond donors (Lipinski definition) is 2. The molecule has 0 aliphatic carbocycles. The quantitative estimate of drug-likeness (QED) is 0.356. The Kier molecular flexibility index (Phi) is 5.40. The molecule has 0 spiro atoms. The molecule has 7 nitrogen and oxygen atoms in total. The molecule has 3 aromatic rings. The summed E-state index contributed by atoms with van der Waals surface area (Å²) in [5, 5.41) is 20.1. The summed E-state index contributed by atoms with van der Waals surface area (Å²) in [5.41, 5.74) is 3.13. The minimum atomic E-state index is -1.05. The Bertz CT molecular complexity index is 1240. The number of carbonyl (C=O) groups excluding carboxylic acids is 2. The first kappa shape index (κ1) is 21.1. The van der Waals surface area contributed by atoms with Crippen LogP contribution in [0.2, 0.25) is 0 Å². The van der Waals surface area contributed by atoms with Crippen molar-refractivity contribution in [1.82, 2.24) is 4.90 Å². The predicted molar refractivity (Wildman–Crippen MR) is 116 cm³/mol. The molecule has 32 heavy (non-hydrogen) atoms. The number of aliphatic hydroxyl groups is 1. The summed E-state index contributed by atoms with van der Waals surface area (Å²) in [6.45, 7) is 3.88. The largest absolute Gasteiger partial charge is 0.507 e. The number of furan rings is 1. The summed E-state index contributed by atoms with van der Waals surface area (Å²) in [6, 6.07) is 13.7. The summed E-state index contributed by atoms with van der Waals surface area (Å²) in [7, 11) is 0. The molecule has 2 N–H and O–H groups in total. The third-order valence-corrected chi connectivity index (χ3v) is 5.69. The van der Waals surface area contributed by atoms with Gasteiger partial charge in [0.05, 0.1) is 17.4 Å². The van der Waals surface area contributed by atoms with Crippen molar-refractivity contribution in [3.05, 3.63) is 100 Å². The number of Topliss-reactive ketones (excluding diaryl/α,β-unsaturated/α-hetero) is 1. The van der Waals surface area contributed by atoms with Gasteiger partial charge in [0, 0.05) is 12.1 Å². The molecule has 1 atom stereocenters. The number of rotatable bonds is 5. The molecule has 0 saturated carbocycles. The van der Waals surface area contributed by atoms with E-state index in [0.717, 1.165) is 11.1 Å². The maximum Gasteiger partial charge on any atom is 0.335 e. The fourth-order valence-electron chi connectivity index (χ4n) is 3.78. The van der Waals surface area contributed by atoms with Crippen molar-refractivity contribution >= 4 is 23.4 Å². The summed E-state index contributed by atoms with van der Waals surface area (Å²) in [5.74, 6) is -2.54. The zero-order valence-electron chi connectivity index (χ0n) is 17.5. The van der Waals surface area contributed by atoms with Crippen LogP contribution in [-0.2, 0) is 16.1 Å². The van der Waals surface area contributed by atoms with Crippen LogP contribution in [0, 0.1) is 13.8 Å². The van der Waals surface area contributed by atoms with E-state index in [-0.39, 0.29) is 23.4 Å². The highest BCUT2D eigenvalue weighted by Crippen LogP contribution is 2.40. The highest BCUT2D eigenvalue weighted by Gasteiger charge is 2.47. The number of carbonyl (C=O) groups is 3. The molecule has 1 fully saturated rings. The fourth-order valence-corrected chi connectivity index (χ4v) is 3.78. The molecule has 1 saturated heterocycles. The van der Waals surface area contributed by atoms with E-state index in [2.05, 4.69) is 0 Å². The van der Waals surface area contributed by atoms with Crippen LogP contribution in [0.4, 0.5) is 0 Å². The summed E-state index contributed by atoms with van der Waals surface area (Å²) >= 11 is 0. The normalized spacial score (nSPS) is 17.7. The molecule has 0 bridgehead atoms. The van der Waals surface area contributed by atoms with Crippen molar-refractivity contribution in [3.63, 3.8) is 0 Å². The lowest BCUT2D eigenvalue weighted by atomic mass is 9.97. The van der Waals surface area contributed by atoms with Crippen molar-refractivity contribution in [3.8, 4) is 0 Å². The molecule has 4 rings (SSSR count). The number of aryl methyl sites for hydroxylation is 2. The Morgan fingerprint density at radius 3 is 2.25 bits per heavy atom. The lowest BCUT2D eigenvalue weighted by molar-refractivity contribution is -0.140. The van der Waals surface area contributed by atoms with Gasteiger partial charge >= 0.3 is 5.97 Å². The van der Waals surface area contributed by atoms with Gasteiger partial charge in [0.25, 0.3) is 11.7 Å². The van der Waals surface area contributed by atoms with Crippen LogP contribution in [0.25, 0.3) is 5.76 Å². The summed E-state index contributed by atoms with van der Waals surface area (Å²) in [4.78, 5) is 38.4. The molecule has 1 amide bonds. The van der Waals surface area contributed by atoms with Crippen LogP contribution in [0.15, 0.2) is 70.9 Å². The van der Waals surface area contributed by atoms with Crippen molar-refractivity contribution in [1.29, 1.82) is 0 Å². The maximum absolute atomic E-state index is 13.0. The fraction of sp³-hybridized carbons (Fsp3) is 0.160. The van der Waals surface area contributed by atoms with Gasteiger partial charge in [-0.25, -0.2) is 4.79 Å². The van der Waals surface area contributed by atoms with Crippen molar-refractivity contribution in [2.75, 3.05) is 0 Å². The Hall–Kier alpha value is -4.13. The molecule has 0 radical (unpaired) electrons. The average Bonchev–Trinajstić information content (AvgIpc) is 3.38. The third-order valence-electron chi connectivity index (χ3n) is 5.69. The number of nitrogens with zero attached hydrogens (tertiary/aromatic N) is 1. The number of likely N-dealkylation sites (tertiary alicyclic amines) is 1. The van der Waals surface area contributed by atoms with Crippen LogP contribution in [-0.4, -0.2) is 32.8 Å². The van der Waals surface area contributed by atoms with Crippen LogP contribution in [0.5, 0.6) is 0 Å². The number of aromatic carboxylic acids is 1. The lowest BCUT2D eigenvalue weighted by Gasteiger charge is -2.23. The van der Waals surface area contributed by atoms with Gasteiger partial charge in [-0.2, -0.15) is 0 Å².